The topological polar surface area (TPSA) is 51.0 Å². The molecule has 2 fully saturated rings. The summed E-state index contributed by atoms with van der Waals surface area (Å²) in [6, 6.07) is 6.93. The molecule has 5 nitrogen and oxygen atoms in total. The molecule has 1 aromatic carbocycles. The molecule has 1 saturated carbocycles. The lowest BCUT2D eigenvalue weighted by molar-refractivity contribution is -0.139. The van der Waals surface area contributed by atoms with Crippen LogP contribution in [0.15, 0.2) is 36.9 Å². The first kappa shape index (κ1) is 16.2. The van der Waals surface area contributed by atoms with Gasteiger partial charge in [0.15, 0.2) is 0 Å². The van der Waals surface area contributed by atoms with Gasteiger partial charge >= 0.3 is 0 Å². The number of hydrogen-bond donors (Lipinski definition) is 0. The average molecular weight is 342 g/mol. The molecule has 0 radical (unpaired) electrons. The standard InChI is InChI=1S/C19H23FN4O/c20-17-8-2-1-7-16(17)19(9-3-4-10-19)18(25)23-11-5-6-15(12-23)24-14-21-13-22-24/h1-2,7-8,13-15H,3-6,9-12H2/t15-/m0/s1. The number of halogens is 1. The van der Waals surface area contributed by atoms with E-state index in [9.17, 15) is 9.18 Å². The first-order valence-corrected chi connectivity index (χ1v) is 9.09. The van der Waals surface area contributed by atoms with Gasteiger partial charge in [-0.3, -0.25) is 4.79 Å². The van der Waals surface area contributed by atoms with Gasteiger partial charge in [0.25, 0.3) is 0 Å². The Morgan fingerprint density at radius 2 is 2.00 bits per heavy atom. The molecule has 25 heavy (non-hydrogen) atoms. The maximum absolute atomic E-state index is 14.5. The van der Waals surface area contributed by atoms with Gasteiger partial charge in [-0.2, -0.15) is 5.10 Å². The summed E-state index contributed by atoms with van der Waals surface area (Å²) in [5, 5.41) is 4.23. The second kappa shape index (κ2) is 6.58. The van der Waals surface area contributed by atoms with Crippen molar-refractivity contribution in [1.82, 2.24) is 19.7 Å². The Hall–Kier alpha value is -2.24. The third-order valence-corrected chi connectivity index (χ3v) is 5.75. The van der Waals surface area contributed by atoms with Crippen LogP contribution in [0.4, 0.5) is 4.39 Å². The molecule has 2 heterocycles. The van der Waals surface area contributed by atoms with Crippen LogP contribution in [0.3, 0.4) is 0 Å². The van der Waals surface area contributed by atoms with Crippen LogP contribution in [-0.4, -0.2) is 38.7 Å². The van der Waals surface area contributed by atoms with Crippen molar-refractivity contribution < 1.29 is 9.18 Å². The Morgan fingerprint density at radius 1 is 1.20 bits per heavy atom. The summed E-state index contributed by atoms with van der Waals surface area (Å²) in [7, 11) is 0. The quantitative estimate of drug-likeness (QED) is 0.861. The molecular weight excluding hydrogens is 319 g/mol. The predicted molar refractivity (Wildman–Crippen MR) is 91.4 cm³/mol. The Bertz CT molecular complexity index is 740. The molecule has 2 aromatic rings. The Kier molecular flexibility index (Phi) is 4.27. The maximum atomic E-state index is 14.5. The van der Waals surface area contributed by atoms with Gasteiger partial charge in [-0.25, -0.2) is 14.1 Å². The molecule has 4 rings (SSSR count). The number of likely N-dealkylation sites (tertiary alicyclic amines) is 1. The van der Waals surface area contributed by atoms with Crippen molar-refractivity contribution >= 4 is 5.91 Å². The number of hydrogen-bond acceptors (Lipinski definition) is 3. The fourth-order valence-electron chi connectivity index (χ4n) is 4.49. The summed E-state index contributed by atoms with van der Waals surface area (Å²) in [5.74, 6) is -0.178. The lowest BCUT2D eigenvalue weighted by Crippen LogP contribution is -2.50. The Balaban J connectivity index is 1.62. The van der Waals surface area contributed by atoms with E-state index in [2.05, 4.69) is 10.1 Å². The molecule has 1 aliphatic heterocycles. The van der Waals surface area contributed by atoms with Gasteiger partial charge in [0.05, 0.1) is 11.5 Å². The predicted octanol–water partition coefficient (Wildman–Crippen LogP) is 3.09. The molecular formula is C19H23FN4O. The molecule has 2 aliphatic rings. The minimum atomic E-state index is -0.699. The smallest absolute Gasteiger partial charge is 0.233 e. The number of piperidine rings is 1. The highest BCUT2D eigenvalue weighted by atomic mass is 19.1. The van der Waals surface area contributed by atoms with E-state index >= 15 is 0 Å². The molecule has 1 saturated heterocycles. The van der Waals surface area contributed by atoms with Crippen molar-refractivity contribution in [3.05, 3.63) is 48.3 Å². The number of aromatic nitrogens is 3. The maximum Gasteiger partial charge on any atom is 0.233 e. The van der Waals surface area contributed by atoms with E-state index < -0.39 is 5.41 Å². The van der Waals surface area contributed by atoms with Crippen LogP contribution in [0.2, 0.25) is 0 Å². The van der Waals surface area contributed by atoms with Crippen LogP contribution < -0.4 is 0 Å². The van der Waals surface area contributed by atoms with Gasteiger partial charge in [-0.15, -0.1) is 0 Å². The monoisotopic (exact) mass is 342 g/mol. The van der Waals surface area contributed by atoms with Crippen molar-refractivity contribution in [1.29, 1.82) is 0 Å². The lowest BCUT2D eigenvalue weighted by Gasteiger charge is -2.39. The van der Waals surface area contributed by atoms with Crippen molar-refractivity contribution in [2.24, 2.45) is 0 Å². The SMILES string of the molecule is O=C(N1CCC[C@H](n2cncn2)C1)C1(c2ccccc2F)CCCC1. The minimum Gasteiger partial charge on any atom is -0.340 e. The van der Waals surface area contributed by atoms with Gasteiger partial charge in [-0.1, -0.05) is 31.0 Å². The van der Waals surface area contributed by atoms with Crippen molar-refractivity contribution in [3.8, 4) is 0 Å². The molecule has 1 atom stereocenters. The van der Waals surface area contributed by atoms with E-state index in [1.165, 1.54) is 12.4 Å². The number of amides is 1. The second-order valence-corrected chi connectivity index (χ2v) is 7.19. The van der Waals surface area contributed by atoms with Crippen LogP contribution in [0.25, 0.3) is 0 Å². The summed E-state index contributed by atoms with van der Waals surface area (Å²) < 4.78 is 16.4. The van der Waals surface area contributed by atoms with E-state index in [0.29, 0.717) is 12.1 Å². The van der Waals surface area contributed by atoms with E-state index in [1.54, 1.807) is 18.5 Å². The molecule has 0 unspecified atom stereocenters. The van der Waals surface area contributed by atoms with Crippen LogP contribution >= 0.6 is 0 Å². The number of nitrogens with zero attached hydrogens (tertiary/aromatic N) is 4. The zero-order chi connectivity index (χ0) is 17.3. The summed E-state index contributed by atoms with van der Waals surface area (Å²) in [6.07, 6.45) is 8.57. The van der Waals surface area contributed by atoms with Crippen molar-refractivity contribution in [2.45, 2.75) is 50.0 Å². The highest BCUT2D eigenvalue weighted by Crippen LogP contribution is 2.44. The molecule has 1 aliphatic carbocycles. The largest absolute Gasteiger partial charge is 0.340 e. The van der Waals surface area contributed by atoms with Crippen LogP contribution in [0.1, 0.15) is 50.1 Å². The first-order chi connectivity index (χ1) is 12.2. The zero-order valence-electron chi connectivity index (χ0n) is 14.3. The molecule has 6 heteroatoms. The minimum absolute atomic E-state index is 0.0833. The fourth-order valence-corrected chi connectivity index (χ4v) is 4.49. The van der Waals surface area contributed by atoms with Crippen LogP contribution in [0, 0.1) is 5.82 Å². The molecule has 0 spiro atoms. The van der Waals surface area contributed by atoms with E-state index in [1.807, 2.05) is 15.6 Å². The summed E-state index contributed by atoms with van der Waals surface area (Å²) in [5.41, 5.74) is -0.129. The number of benzene rings is 1. The van der Waals surface area contributed by atoms with Crippen molar-refractivity contribution in [2.75, 3.05) is 13.1 Å². The van der Waals surface area contributed by atoms with Gasteiger partial charge in [-0.05, 0) is 31.7 Å². The van der Waals surface area contributed by atoms with Gasteiger partial charge in [0, 0.05) is 18.7 Å². The number of rotatable bonds is 3. The number of carbonyl (C=O) groups is 1. The van der Waals surface area contributed by atoms with Gasteiger partial charge in [0.2, 0.25) is 5.91 Å². The van der Waals surface area contributed by atoms with Crippen LogP contribution in [-0.2, 0) is 10.2 Å². The molecule has 1 aromatic heterocycles. The van der Waals surface area contributed by atoms with Gasteiger partial charge < -0.3 is 4.90 Å². The van der Waals surface area contributed by atoms with E-state index in [0.717, 1.165) is 45.1 Å². The normalized spacial score (nSPS) is 22.9. The second-order valence-electron chi connectivity index (χ2n) is 7.19. The van der Waals surface area contributed by atoms with Crippen LogP contribution in [0.5, 0.6) is 0 Å². The van der Waals surface area contributed by atoms with Crippen molar-refractivity contribution in [3.63, 3.8) is 0 Å². The highest BCUT2D eigenvalue weighted by Gasteiger charge is 2.47. The lowest BCUT2D eigenvalue weighted by atomic mass is 9.76. The molecule has 132 valence electrons. The highest BCUT2D eigenvalue weighted by molar-refractivity contribution is 5.89. The fraction of sp³-hybridized carbons (Fsp3) is 0.526. The zero-order valence-corrected chi connectivity index (χ0v) is 14.3. The molecule has 0 bridgehead atoms. The Morgan fingerprint density at radius 3 is 2.72 bits per heavy atom. The molecule has 1 amide bonds. The summed E-state index contributed by atoms with van der Waals surface area (Å²) in [4.78, 5) is 19.4. The number of carbonyl (C=O) groups excluding carboxylic acids is 1. The van der Waals surface area contributed by atoms with E-state index in [4.69, 9.17) is 0 Å². The Labute approximate surface area is 146 Å². The van der Waals surface area contributed by atoms with E-state index in [-0.39, 0.29) is 17.8 Å². The van der Waals surface area contributed by atoms with Gasteiger partial charge in [0.1, 0.15) is 18.5 Å². The first-order valence-electron chi connectivity index (χ1n) is 9.09. The molecule has 0 N–H and O–H groups in total. The third-order valence-electron chi connectivity index (χ3n) is 5.75. The third kappa shape index (κ3) is 2.83. The summed E-state index contributed by atoms with van der Waals surface area (Å²) in [6.45, 7) is 1.36. The average Bonchev–Trinajstić information content (AvgIpc) is 3.34. The summed E-state index contributed by atoms with van der Waals surface area (Å²) >= 11 is 0.